The number of halogens is 2. The zero-order chi connectivity index (χ0) is 11.1. The number of ether oxygens (including phenoxy) is 1. The summed E-state index contributed by atoms with van der Waals surface area (Å²) in [5.41, 5.74) is 0. The van der Waals surface area contributed by atoms with Gasteiger partial charge in [-0.1, -0.05) is 0 Å². The summed E-state index contributed by atoms with van der Waals surface area (Å²) >= 11 is 0. The lowest BCUT2D eigenvalue weighted by molar-refractivity contribution is 0.0943. The van der Waals surface area contributed by atoms with Crippen molar-refractivity contribution in [3.05, 3.63) is 0 Å². The van der Waals surface area contributed by atoms with E-state index >= 15 is 0 Å². The summed E-state index contributed by atoms with van der Waals surface area (Å²) in [7, 11) is 0. The van der Waals surface area contributed by atoms with E-state index < -0.39 is 0 Å². The number of carbonyl (C=O) groups is 1. The van der Waals surface area contributed by atoms with Crippen molar-refractivity contribution >= 4 is 30.9 Å². The minimum atomic E-state index is -0.215. The zero-order valence-corrected chi connectivity index (χ0v) is 12.0. The van der Waals surface area contributed by atoms with Gasteiger partial charge in [-0.05, 0) is 13.8 Å². The van der Waals surface area contributed by atoms with Crippen molar-refractivity contribution in [2.24, 2.45) is 0 Å². The first-order chi connectivity index (χ1) is 7.27. The topological polar surface area (TPSA) is 53.6 Å². The fraction of sp³-hybridized carbons (Fsp3) is 0.900. The number of nitrogens with zero attached hydrogens (tertiary/aromatic N) is 1. The predicted octanol–water partition coefficient (Wildman–Crippen LogP) is 0.870. The summed E-state index contributed by atoms with van der Waals surface area (Å²) in [5, 5.41) is 6.54. The molecule has 1 heterocycles. The molecule has 1 unspecified atom stereocenters. The molecule has 104 valence electrons. The Morgan fingerprint density at radius 3 is 2.41 bits per heavy atom. The lowest BCUT2D eigenvalue weighted by Crippen LogP contribution is -2.51. The van der Waals surface area contributed by atoms with Gasteiger partial charge < -0.3 is 20.3 Å². The maximum atomic E-state index is 11.5. The van der Waals surface area contributed by atoms with Gasteiger partial charge in [-0.25, -0.2) is 4.79 Å². The van der Waals surface area contributed by atoms with Crippen molar-refractivity contribution < 1.29 is 9.53 Å². The van der Waals surface area contributed by atoms with Gasteiger partial charge in [-0.15, -0.1) is 24.8 Å². The number of hydrogen-bond donors (Lipinski definition) is 2. The van der Waals surface area contributed by atoms with Gasteiger partial charge in [0.15, 0.2) is 0 Å². The molecule has 1 atom stereocenters. The van der Waals surface area contributed by atoms with Crippen LogP contribution in [0.2, 0.25) is 0 Å². The second kappa shape index (κ2) is 10.9. The predicted molar refractivity (Wildman–Crippen MR) is 73.4 cm³/mol. The Hall–Kier alpha value is -0.230. The molecule has 2 N–H and O–H groups in total. The van der Waals surface area contributed by atoms with Crippen molar-refractivity contribution in [1.29, 1.82) is 0 Å². The van der Waals surface area contributed by atoms with Gasteiger partial charge in [0.1, 0.15) is 6.61 Å². The Morgan fingerprint density at radius 1 is 1.29 bits per heavy atom. The fourth-order valence-electron chi connectivity index (χ4n) is 1.58. The van der Waals surface area contributed by atoms with Crippen LogP contribution in [0.15, 0.2) is 0 Å². The van der Waals surface area contributed by atoms with Gasteiger partial charge in [0.25, 0.3) is 0 Å². The van der Waals surface area contributed by atoms with Crippen LogP contribution >= 0.6 is 24.8 Å². The summed E-state index contributed by atoms with van der Waals surface area (Å²) in [6.45, 7) is 8.54. The van der Waals surface area contributed by atoms with Crippen LogP contribution < -0.4 is 10.6 Å². The minimum absolute atomic E-state index is 0. The van der Waals surface area contributed by atoms with Gasteiger partial charge >= 0.3 is 6.09 Å². The standard InChI is InChI=1S/C10H21N3O2.2ClH/c1-3-13(4-2)10(14)15-8-9-7-11-5-6-12-9;;/h9,11-12H,3-8H2,1-2H3;2*1H. The van der Waals surface area contributed by atoms with Crippen LogP contribution in [0, 0.1) is 0 Å². The van der Waals surface area contributed by atoms with E-state index in [9.17, 15) is 4.79 Å². The van der Waals surface area contributed by atoms with Crippen LogP contribution in [0.1, 0.15) is 13.8 Å². The summed E-state index contributed by atoms with van der Waals surface area (Å²) in [5.74, 6) is 0. The van der Waals surface area contributed by atoms with Crippen LogP contribution in [0.4, 0.5) is 4.79 Å². The third-order valence-corrected chi connectivity index (χ3v) is 2.56. The molecule has 0 aromatic rings. The highest BCUT2D eigenvalue weighted by atomic mass is 35.5. The van der Waals surface area contributed by atoms with E-state index in [1.165, 1.54) is 0 Å². The number of hydrogen-bond acceptors (Lipinski definition) is 4. The molecule has 1 fully saturated rings. The first-order valence-electron chi connectivity index (χ1n) is 5.63. The molecular weight excluding hydrogens is 265 g/mol. The average Bonchev–Trinajstić information content (AvgIpc) is 2.29. The largest absolute Gasteiger partial charge is 0.448 e. The number of piperazine rings is 1. The molecule has 0 radical (unpaired) electrons. The third-order valence-electron chi connectivity index (χ3n) is 2.56. The zero-order valence-electron chi connectivity index (χ0n) is 10.4. The van der Waals surface area contributed by atoms with Crippen LogP contribution in [0.25, 0.3) is 0 Å². The highest BCUT2D eigenvalue weighted by Gasteiger charge is 2.16. The van der Waals surface area contributed by atoms with Gasteiger partial charge in [0, 0.05) is 32.7 Å². The molecular formula is C10H23Cl2N3O2. The maximum Gasteiger partial charge on any atom is 0.409 e. The van der Waals surface area contributed by atoms with Crippen molar-refractivity contribution in [2.75, 3.05) is 39.3 Å². The van der Waals surface area contributed by atoms with E-state index in [2.05, 4.69) is 10.6 Å². The molecule has 1 saturated heterocycles. The summed E-state index contributed by atoms with van der Waals surface area (Å²) < 4.78 is 5.21. The first kappa shape index (κ1) is 19.1. The Balaban J connectivity index is 0. The number of carbonyl (C=O) groups excluding carboxylic acids is 1. The third kappa shape index (κ3) is 6.93. The normalized spacial score (nSPS) is 18.6. The molecule has 0 aromatic carbocycles. The Labute approximate surface area is 115 Å². The molecule has 1 aliphatic heterocycles. The summed E-state index contributed by atoms with van der Waals surface area (Å²) in [6.07, 6.45) is -0.215. The first-order valence-corrected chi connectivity index (χ1v) is 5.63. The van der Waals surface area contributed by atoms with Crippen LogP contribution in [0.3, 0.4) is 0 Å². The molecule has 7 heteroatoms. The average molecular weight is 288 g/mol. The van der Waals surface area contributed by atoms with E-state index in [-0.39, 0.29) is 36.9 Å². The van der Waals surface area contributed by atoms with Crippen molar-refractivity contribution in [2.45, 2.75) is 19.9 Å². The Kier molecular flexibility index (Phi) is 12.3. The smallest absolute Gasteiger partial charge is 0.409 e. The van der Waals surface area contributed by atoms with Crippen LogP contribution in [0.5, 0.6) is 0 Å². The molecule has 0 spiro atoms. The summed E-state index contributed by atoms with van der Waals surface area (Å²) in [6, 6.07) is 0.248. The number of nitrogens with one attached hydrogen (secondary N) is 2. The van der Waals surface area contributed by atoms with Crippen molar-refractivity contribution in [3.63, 3.8) is 0 Å². The van der Waals surface area contributed by atoms with E-state index in [1.807, 2.05) is 13.8 Å². The lowest BCUT2D eigenvalue weighted by atomic mass is 10.2. The highest BCUT2D eigenvalue weighted by Crippen LogP contribution is 1.96. The minimum Gasteiger partial charge on any atom is -0.448 e. The maximum absolute atomic E-state index is 11.5. The van der Waals surface area contributed by atoms with E-state index in [4.69, 9.17) is 4.74 Å². The Morgan fingerprint density at radius 2 is 1.94 bits per heavy atom. The monoisotopic (exact) mass is 287 g/mol. The molecule has 5 nitrogen and oxygen atoms in total. The van der Waals surface area contributed by atoms with E-state index in [1.54, 1.807) is 4.90 Å². The van der Waals surface area contributed by atoms with E-state index in [0.29, 0.717) is 19.7 Å². The molecule has 0 saturated carbocycles. The molecule has 1 amide bonds. The molecule has 1 rings (SSSR count). The second-order valence-corrected chi connectivity index (χ2v) is 3.60. The van der Waals surface area contributed by atoms with Crippen LogP contribution in [-0.4, -0.2) is 56.4 Å². The molecule has 0 aromatic heterocycles. The van der Waals surface area contributed by atoms with Gasteiger partial charge in [-0.3, -0.25) is 0 Å². The Bertz CT molecular complexity index is 198. The molecule has 0 aliphatic carbocycles. The molecule has 1 aliphatic rings. The quantitative estimate of drug-likeness (QED) is 0.806. The van der Waals surface area contributed by atoms with E-state index in [0.717, 1.165) is 19.6 Å². The molecule has 17 heavy (non-hydrogen) atoms. The lowest BCUT2D eigenvalue weighted by Gasteiger charge is -2.25. The van der Waals surface area contributed by atoms with Crippen LogP contribution in [-0.2, 0) is 4.74 Å². The second-order valence-electron chi connectivity index (χ2n) is 3.60. The van der Waals surface area contributed by atoms with Gasteiger partial charge in [-0.2, -0.15) is 0 Å². The highest BCUT2D eigenvalue weighted by molar-refractivity contribution is 5.85. The van der Waals surface area contributed by atoms with Gasteiger partial charge in [0.05, 0.1) is 6.04 Å². The van der Waals surface area contributed by atoms with Crippen molar-refractivity contribution in [3.8, 4) is 0 Å². The fourth-order valence-corrected chi connectivity index (χ4v) is 1.58. The van der Waals surface area contributed by atoms with Gasteiger partial charge in [0.2, 0.25) is 0 Å². The molecule has 0 bridgehead atoms. The summed E-state index contributed by atoms with van der Waals surface area (Å²) in [4.78, 5) is 13.2. The number of amides is 1. The number of rotatable bonds is 4. The van der Waals surface area contributed by atoms with Crippen molar-refractivity contribution in [1.82, 2.24) is 15.5 Å². The SMILES string of the molecule is CCN(CC)C(=O)OCC1CNCCN1.Cl.Cl.